The lowest BCUT2D eigenvalue weighted by molar-refractivity contribution is -0.116. The van der Waals surface area contributed by atoms with Crippen molar-refractivity contribution in [2.45, 2.75) is 18.2 Å². The fourth-order valence-corrected chi connectivity index (χ4v) is 3.17. The van der Waals surface area contributed by atoms with Crippen LogP contribution in [-0.4, -0.2) is 17.1 Å². The summed E-state index contributed by atoms with van der Waals surface area (Å²) in [7, 11) is 0. The topological polar surface area (TPSA) is 62.5 Å². The van der Waals surface area contributed by atoms with Crippen molar-refractivity contribution in [3.8, 4) is 0 Å². The molecule has 1 amide bonds. The zero-order valence-corrected chi connectivity index (χ0v) is 12.1. The molecule has 2 N–H and O–H groups in total. The number of aliphatic hydroxyl groups is 1. The van der Waals surface area contributed by atoms with Crippen LogP contribution in [0.1, 0.15) is 11.3 Å². The first-order chi connectivity index (χ1) is 10.2. The van der Waals surface area contributed by atoms with Crippen molar-refractivity contribution in [1.29, 1.82) is 0 Å². The molecule has 4 nitrogen and oxygen atoms in total. The Balaban J connectivity index is 1.69. The Hall–Kier alpha value is -2.14. The Bertz CT molecular complexity index is 649. The maximum absolute atomic E-state index is 12.0. The molecule has 21 heavy (non-hydrogen) atoms. The van der Waals surface area contributed by atoms with Crippen LogP contribution in [0.4, 0.5) is 0 Å². The fraction of sp³-hybridized carbons (Fsp3) is 0.188. The van der Waals surface area contributed by atoms with E-state index in [-0.39, 0.29) is 17.7 Å². The summed E-state index contributed by atoms with van der Waals surface area (Å²) < 4.78 is 5.23. The van der Waals surface area contributed by atoms with Crippen LogP contribution in [0.15, 0.2) is 63.8 Å². The predicted octanol–water partition coefficient (Wildman–Crippen LogP) is 3.02. The van der Waals surface area contributed by atoms with Gasteiger partial charge in [0.2, 0.25) is 0 Å². The van der Waals surface area contributed by atoms with E-state index >= 15 is 0 Å². The molecule has 0 saturated carbocycles. The van der Waals surface area contributed by atoms with Crippen LogP contribution in [0, 0.1) is 0 Å². The van der Waals surface area contributed by atoms with Crippen LogP contribution >= 0.6 is 11.8 Å². The average molecular weight is 301 g/mol. The Kier molecular flexibility index (Phi) is 4.01. The average Bonchev–Trinajstić information content (AvgIpc) is 3.08. The summed E-state index contributed by atoms with van der Waals surface area (Å²) in [4.78, 5) is 12.3. The van der Waals surface area contributed by atoms with E-state index in [1.54, 1.807) is 12.3 Å². The molecule has 0 aliphatic carbocycles. The predicted molar refractivity (Wildman–Crippen MR) is 81.7 cm³/mol. The minimum atomic E-state index is -0.348. The van der Waals surface area contributed by atoms with Crippen molar-refractivity contribution in [2.24, 2.45) is 0 Å². The maximum atomic E-state index is 12.0. The molecule has 0 fully saturated rings. The molecular formula is C16H15NO3S. The molecule has 0 bridgehead atoms. The highest BCUT2D eigenvalue weighted by molar-refractivity contribution is 8.03. The van der Waals surface area contributed by atoms with Gasteiger partial charge in [-0.2, -0.15) is 0 Å². The highest BCUT2D eigenvalue weighted by atomic mass is 32.2. The lowest BCUT2D eigenvalue weighted by Crippen LogP contribution is -2.30. The Morgan fingerprint density at radius 1 is 1.19 bits per heavy atom. The van der Waals surface area contributed by atoms with Crippen LogP contribution in [0.25, 0.3) is 0 Å². The third-order valence-electron chi connectivity index (χ3n) is 3.30. The molecule has 2 heterocycles. The summed E-state index contributed by atoms with van der Waals surface area (Å²) in [6.45, 7) is 0. The molecule has 1 aromatic heterocycles. The number of furan rings is 1. The van der Waals surface area contributed by atoms with E-state index in [0.29, 0.717) is 17.1 Å². The van der Waals surface area contributed by atoms with E-state index < -0.39 is 0 Å². The van der Waals surface area contributed by atoms with Crippen molar-refractivity contribution < 1.29 is 14.3 Å². The summed E-state index contributed by atoms with van der Waals surface area (Å²) in [6, 6.07) is 13.1. The number of rotatable bonds is 5. The quantitative estimate of drug-likeness (QED) is 0.891. The number of amides is 1. The highest BCUT2D eigenvalue weighted by Gasteiger charge is 2.32. The maximum Gasteiger partial charge on any atom is 0.261 e. The van der Waals surface area contributed by atoms with Gasteiger partial charge >= 0.3 is 0 Å². The van der Waals surface area contributed by atoms with E-state index in [9.17, 15) is 9.90 Å². The molecule has 1 aliphatic rings. The number of carbonyl (C=O) groups is 1. The molecule has 3 rings (SSSR count). The molecule has 0 spiro atoms. The zero-order chi connectivity index (χ0) is 14.7. The van der Waals surface area contributed by atoms with Crippen molar-refractivity contribution >= 4 is 17.7 Å². The SMILES string of the molecule is O=C1NC(Cc2ccccc2)C(O)=C1SCc1ccco1. The van der Waals surface area contributed by atoms with Crippen molar-refractivity contribution in [3.63, 3.8) is 0 Å². The van der Waals surface area contributed by atoms with Gasteiger partial charge < -0.3 is 14.8 Å². The number of aliphatic hydroxyl groups excluding tert-OH is 1. The molecule has 0 radical (unpaired) electrons. The third-order valence-corrected chi connectivity index (χ3v) is 4.41. The summed E-state index contributed by atoms with van der Waals surface area (Å²) in [6.07, 6.45) is 2.18. The van der Waals surface area contributed by atoms with Gasteiger partial charge in [0.15, 0.2) is 0 Å². The summed E-state index contributed by atoms with van der Waals surface area (Å²) in [5.41, 5.74) is 1.08. The number of hydrogen-bond donors (Lipinski definition) is 2. The second-order valence-electron chi connectivity index (χ2n) is 4.80. The van der Waals surface area contributed by atoms with E-state index in [1.165, 1.54) is 11.8 Å². The van der Waals surface area contributed by atoms with E-state index in [4.69, 9.17) is 4.42 Å². The van der Waals surface area contributed by atoms with Gasteiger partial charge in [-0.25, -0.2) is 0 Å². The first-order valence-electron chi connectivity index (χ1n) is 6.67. The molecule has 2 aromatic rings. The second kappa shape index (κ2) is 6.10. The Morgan fingerprint density at radius 3 is 2.71 bits per heavy atom. The van der Waals surface area contributed by atoms with E-state index in [0.717, 1.165) is 11.3 Å². The van der Waals surface area contributed by atoms with Crippen molar-refractivity contribution in [1.82, 2.24) is 5.32 Å². The Morgan fingerprint density at radius 2 is 2.00 bits per heavy atom. The highest BCUT2D eigenvalue weighted by Crippen LogP contribution is 2.30. The normalized spacial score (nSPS) is 18.1. The van der Waals surface area contributed by atoms with Crippen LogP contribution < -0.4 is 5.32 Å². The smallest absolute Gasteiger partial charge is 0.261 e. The van der Waals surface area contributed by atoms with Crippen LogP contribution in [0.2, 0.25) is 0 Å². The van der Waals surface area contributed by atoms with Crippen molar-refractivity contribution in [2.75, 3.05) is 0 Å². The molecule has 1 aromatic carbocycles. The minimum absolute atomic E-state index is 0.125. The largest absolute Gasteiger partial charge is 0.509 e. The third kappa shape index (κ3) is 3.13. The fourth-order valence-electron chi connectivity index (χ4n) is 2.24. The van der Waals surface area contributed by atoms with Gasteiger partial charge in [-0.15, -0.1) is 11.8 Å². The molecule has 5 heteroatoms. The first kappa shape index (κ1) is 13.8. The number of benzene rings is 1. The van der Waals surface area contributed by atoms with E-state index in [2.05, 4.69) is 5.32 Å². The van der Waals surface area contributed by atoms with Gasteiger partial charge in [0.25, 0.3) is 5.91 Å². The van der Waals surface area contributed by atoms with E-state index in [1.807, 2.05) is 36.4 Å². The lowest BCUT2D eigenvalue weighted by Gasteiger charge is -2.10. The summed E-state index contributed by atoms with van der Waals surface area (Å²) >= 11 is 1.30. The Labute approximate surface area is 126 Å². The lowest BCUT2D eigenvalue weighted by atomic mass is 10.1. The zero-order valence-electron chi connectivity index (χ0n) is 11.3. The summed E-state index contributed by atoms with van der Waals surface area (Å²) in [5, 5.41) is 13.1. The van der Waals surface area contributed by atoms with Crippen LogP contribution in [0.5, 0.6) is 0 Å². The number of carbonyl (C=O) groups excluding carboxylic acids is 1. The number of thioether (sulfide) groups is 1. The molecule has 108 valence electrons. The van der Waals surface area contributed by atoms with Gasteiger partial charge in [0.05, 0.1) is 18.1 Å². The van der Waals surface area contributed by atoms with Gasteiger partial charge in [-0.05, 0) is 24.1 Å². The molecular weight excluding hydrogens is 286 g/mol. The molecule has 1 aliphatic heterocycles. The van der Waals surface area contributed by atoms with Gasteiger partial charge in [0, 0.05) is 0 Å². The molecule has 1 atom stereocenters. The van der Waals surface area contributed by atoms with Gasteiger partial charge in [-0.1, -0.05) is 30.3 Å². The van der Waals surface area contributed by atoms with Crippen LogP contribution in [-0.2, 0) is 17.0 Å². The number of nitrogens with one attached hydrogen (secondary N) is 1. The minimum Gasteiger partial charge on any atom is -0.509 e. The van der Waals surface area contributed by atoms with Crippen LogP contribution in [0.3, 0.4) is 0 Å². The summed E-state index contributed by atoms with van der Waals surface area (Å²) in [5.74, 6) is 1.21. The van der Waals surface area contributed by atoms with Gasteiger partial charge in [-0.3, -0.25) is 4.79 Å². The second-order valence-corrected chi connectivity index (χ2v) is 5.78. The van der Waals surface area contributed by atoms with Gasteiger partial charge in [0.1, 0.15) is 16.4 Å². The van der Waals surface area contributed by atoms with Crippen molar-refractivity contribution in [3.05, 3.63) is 70.7 Å². The first-order valence-corrected chi connectivity index (χ1v) is 7.65. The monoisotopic (exact) mass is 301 g/mol. The molecule has 1 unspecified atom stereocenters. The number of hydrogen-bond acceptors (Lipinski definition) is 4. The molecule has 0 saturated heterocycles. The standard InChI is InChI=1S/C16H15NO3S/c18-14-13(9-11-5-2-1-3-6-11)17-16(19)15(14)21-10-12-7-4-8-20-12/h1-8,13,18H,9-10H2,(H,17,19).